The Labute approximate surface area is 613 Å². The minimum atomic E-state index is -1.57. The maximum atomic E-state index is 13.1. The van der Waals surface area contributed by atoms with Crippen molar-refractivity contribution in [1.29, 1.82) is 0 Å². The predicted molar refractivity (Wildman–Crippen MR) is 421 cm³/mol. The van der Waals surface area contributed by atoms with E-state index in [1.54, 1.807) is 6.08 Å². The van der Waals surface area contributed by atoms with Crippen LogP contribution in [-0.2, 0) is 23.8 Å². The molecule has 0 aliphatic carbocycles. The van der Waals surface area contributed by atoms with Crippen molar-refractivity contribution in [2.45, 2.75) is 506 Å². The molecule has 1 saturated heterocycles. The van der Waals surface area contributed by atoms with Crippen LogP contribution in [-0.4, -0.2) is 100 Å². The highest BCUT2D eigenvalue weighted by molar-refractivity contribution is 5.76. The minimum Gasteiger partial charge on any atom is -0.466 e. The Morgan fingerprint density at radius 1 is 0.364 bits per heavy atom. The number of hydrogen-bond donors (Lipinski definition) is 6. The highest BCUT2D eigenvalue weighted by Crippen LogP contribution is 2.24. The number of carbonyl (C=O) groups excluding carboxylic acids is 2. The summed E-state index contributed by atoms with van der Waals surface area (Å²) in [5, 5.41) is 54.7. The SMILES string of the molecule is CCCCCCCC/C=C\CCCCCCCCCC(=O)OCCCCCCCCCCCCCCCCCCCCCCCCCCCCCCCCCCCCCCCCCC(=O)NC(COC1OC(CO)C(O)C(O)C1O)C(O)/C=C/CCCCCCCCCCCCCCC. The zero-order valence-electron chi connectivity index (χ0n) is 65.7. The van der Waals surface area contributed by atoms with E-state index in [9.17, 15) is 35.1 Å². The predicted octanol–water partition coefficient (Wildman–Crippen LogP) is 24.7. The van der Waals surface area contributed by atoms with Crippen LogP contribution in [0.15, 0.2) is 24.3 Å². The van der Waals surface area contributed by atoms with Crippen LogP contribution in [0, 0.1) is 0 Å². The Bertz CT molecular complexity index is 1690. The lowest BCUT2D eigenvalue weighted by molar-refractivity contribution is -0.302. The van der Waals surface area contributed by atoms with Gasteiger partial charge in [-0.1, -0.05) is 417 Å². The van der Waals surface area contributed by atoms with Gasteiger partial charge in [-0.25, -0.2) is 0 Å². The second kappa shape index (κ2) is 77.2. The van der Waals surface area contributed by atoms with Crippen LogP contribution in [0.1, 0.15) is 463 Å². The van der Waals surface area contributed by atoms with Crippen LogP contribution in [0.3, 0.4) is 0 Å². The number of aliphatic hydroxyl groups is 5. The summed E-state index contributed by atoms with van der Waals surface area (Å²) < 4.78 is 16.8. The number of carbonyl (C=O) groups is 2. The fourth-order valence-corrected chi connectivity index (χ4v) is 14.4. The maximum absolute atomic E-state index is 13.1. The second-order valence-electron chi connectivity index (χ2n) is 31.0. The zero-order chi connectivity index (χ0) is 71.5. The molecule has 0 radical (unpaired) electrons. The first kappa shape index (κ1) is 95.2. The second-order valence-corrected chi connectivity index (χ2v) is 31.0. The van der Waals surface area contributed by atoms with Crippen LogP contribution in [0.5, 0.6) is 0 Å². The molecule has 0 saturated carbocycles. The summed E-state index contributed by atoms with van der Waals surface area (Å²) in [6.07, 6.45) is 90.9. The molecule has 99 heavy (non-hydrogen) atoms. The van der Waals surface area contributed by atoms with E-state index in [4.69, 9.17) is 14.2 Å². The molecule has 1 amide bonds. The highest BCUT2D eigenvalue weighted by Gasteiger charge is 2.44. The molecule has 586 valence electrons. The Morgan fingerprint density at radius 3 is 0.970 bits per heavy atom. The summed E-state index contributed by atoms with van der Waals surface area (Å²) in [5.74, 6) is -0.155. The first-order chi connectivity index (χ1) is 48.7. The van der Waals surface area contributed by atoms with Crippen molar-refractivity contribution in [2.75, 3.05) is 19.8 Å². The van der Waals surface area contributed by atoms with E-state index in [2.05, 4.69) is 31.3 Å². The fourth-order valence-electron chi connectivity index (χ4n) is 14.4. The van der Waals surface area contributed by atoms with Gasteiger partial charge in [-0.05, 0) is 57.8 Å². The van der Waals surface area contributed by atoms with Gasteiger partial charge in [-0.3, -0.25) is 9.59 Å². The largest absolute Gasteiger partial charge is 0.466 e. The van der Waals surface area contributed by atoms with Crippen molar-refractivity contribution in [3.63, 3.8) is 0 Å². The number of allylic oxidation sites excluding steroid dienone is 3. The van der Waals surface area contributed by atoms with Gasteiger partial charge in [0.25, 0.3) is 0 Å². The molecule has 0 aromatic heterocycles. The van der Waals surface area contributed by atoms with Crippen LogP contribution < -0.4 is 5.32 Å². The van der Waals surface area contributed by atoms with Crippen LogP contribution in [0.25, 0.3) is 0 Å². The molecule has 7 unspecified atom stereocenters. The quantitative estimate of drug-likeness (QED) is 0.0195. The lowest BCUT2D eigenvalue weighted by Crippen LogP contribution is -2.60. The molecule has 0 aromatic carbocycles. The lowest BCUT2D eigenvalue weighted by atomic mass is 9.99. The first-order valence-corrected chi connectivity index (χ1v) is 44.1. The van der Waals surface area contributed by atoms with Crippen molar-refractivity contribution < 1.29 is 49.3 Å². The molecular weight excluding hydrogens is 1230 g/mol. The van der Waals surface area contributed by atoms with Gasteiger partial charge in [-0.15, -0.1) is 0 Å². The minimum absolute atomic E-state index is 0.0162. The van der Waals surface area contributed by atoms with Gasteiger partial charge in [0.2, 0.25) is 5.91 Å². The smallest absolute Gasteiger partial charge is 0.305 e. The molecule has 1 rings (SSSR count). The van der Waals surface area contributed by atoms with Crippen LogP contribution in [0.2, 0.25) is 0 Å². The molecule has 0 bridgehead atoms. The van der Waals surface area contributed by atoms with E-state index < -0.39 is 49.5 Å². The molecule has 1 heterocycles. The number of amides is 1. The first-order valence-electron chi connectivity index (χ1n) is 44.1. The Hall–Kier alpha value is -1.86. The standard InChI is InChI=1S/C88H169NO10/c1-3-5-7-9-11-13-15-17-19-43-48-52-56-60-64-68-72-76-84(93)97-77-73-69-65-61-57-53-49-45-42-40-38-36-34-32-30-28-26-24-22-20-21-23-25-27-29-31-33-35-37-39-41-44-47-51-55-59-63-67-71-75-83(92)89-80(79-98-88-87(96)86(95)85(94)82(78-90)99-88)81(91)74-70-66-62-58-54-50-46-18-16-14-12-10-8-6-4-2/h17,19,70,74,80-82,85-88,90-91,94-96H,3-16,18,20-69,71-73,75-79H2,1-2H3,(H,89,92)/b19-17-,74-70+. The summed E-state index contributed by atoms with van der Waals surface area (Å²) in [4.78, 5) is 25.2. The topological polar surface area (TPSA) is 175 Å². The molecular formula is C88H169NO10. The number of unbranched alkanes of at least 4 members (excludes halogenated alkanes) is 64. The third kappa shape index (κ3) is 65.4. The Kier molecular flexibility index (Phi) is 74.2. The molecule has 7 atom stereocenters. The van der Waals surface area contributed by atoms with Gasteiger partial charge < -0.3 is 45.1 Å². The van der Waals surface area contributed by atoms with Gasteiger partial charge >= 0.3 is 5.97 Å². The van der Waals surface area contributed by atoms with E-state index in [1.165, 1.54) is 379 Å². The normalized spacial score (nSPS) is 17.2. The molecule has 0 spiro atoms. The number of nitrogens with one attached hydrogen (secondary N) is 1. The van der Waals surface area contributed by atoms with E-state index >= 15 is 0 Å². The Balaban J connectivity index is 1.86. The lowest BCUT2D eigenvalue weighted by Gasteiger charge is -2.40. The van der Waals surface area contributed by atoms with Crippen molar-refractivity contribution in [2.24, 2.45) is 0 Å². The fraction of sp³-hybridized carbons (Fsp3) is 0.932. The van der Waals surface area contributed by atoms with Crippen LogP contribution in [0.4, 0.5) is 0 Å². The number of esters is 1. The summed E-state index contributed by atoms with van der Waals surface area (Å²) >= 11 is 0. The average Bonchev–Trinajstić information content (AvgIpc) is 0.827. The van der Waals surface area contributed by atoms with Gasteiger partial charge in [0.05, 0.1) is 32.0 Å². The highest BCUT2D eigenvalue weighted by atomic mass is 16.7. The molecule has 1 aliphatic rings. The third-order valence-corrected chi connectivity index (χ3v) is 21.3. The number of rotatable bonds is 80. The third-order valence-electron chi connectivity index (χ3n) is 21.3. The zero-order valence-corrected chi connectivity index (χ0v) is 65.7. The molecule has 1 aliphatic heterocycles. The Morgan fingerprint density at radius 2 is 0.646 bits per heavy atom. The molecule has 6 N–H and O–H groups in total. The van der Waals surface area contributed by atoms with Crippen molar-refractivity contribution in [3.05, 3.63) is 24.3 Å². The van der Waals surface area contributed by atoms with Crippen molar-refractivity contribution >= 4 is 11.9 Å². The number of aliphatic hydroxyl groups excluding tert-OH is 5. The summed E-state index contributed by atoms with van der Waals surface area (Å²) in [5.41, 5.74) is 0. The van der Waals surface area contributed by atoms with E-state index in [0.29, 0.717) is 19.4 Å². The average molecular weight is 1400 g/mol. The molecule has 0 aromatic rings. The summed E-state index contributed by atoms with van der Waals surface area (Å²) in [7, 11) is 0. The summed E-state index contributed by atoms with van der Waals surface area (Å²) in [6, 6.07) is -0.806. The van der Waals surface area contributed by atoms with E-state index in [-0.39, 0.29) is 18.5 Å². The van der Waals surface area contributed by atoms with Gasteiger partial charge in [-0.2, -0.15) is 0 Å². The van der Waals surface area contributed by atoms with Crippen molar-refractivity contribution in [3.8, 4) is 0 Å². The van der Waals surface area contributed by atoms with Crippen LogP contribution >= 0.6 is 0 Å². The van der Waals surface area contributed by atoms with Crippen molar-refractivity contribution in [1.82, 2.24) is 5.32 Å². The maximum Gasteiger partial charge on any atom is 0.305 e. The molecule has 11 heteroatoms. The monoisotopic (exact) mass is 1400 g/mol. The molecule has 11 nitrogen and oxygen atoms in total. The van der Waals surface area contributed by atoms with E-state index in [0.717, 1.165) is 57.8 Å². The number of hydrogen-bond acceptors (Lipinski definition) is 10. The van der Waals surface area contributed by atoms with Gasteiger partial charge in [0, 0.05) is 12.8 Å². The van der Waals surface area contributed by atoms with E-state index in [1.807, 2.05) is 6.08 Å². The van der Waals surface area contributed by atoms with Gasteiger partial charge in [0.1, 0.15) is 24.4 Å². The van der Waals surface area contributed by atoms with Gasteiger partial charge in [0.15, 0.2) is 6.29 Å². The molecule has 1 fully saturated rings. The summed E-state index contributed by atoms with van der Waals surface area (Å²) in [6.45, 7) is 4.42. The number of ether oxygens (including phenoxy) is 3.